The summed E-state index contributed by atoms with van der Waals surface area (Å²) in [5, 5.41) is 16.0. The molecule has 0 aliphatic carbocycles. The minimum absolute atomic E-state index is 0.0745. The third-order valence-electron chi connectivity index (χ3n) is 2.33. The quantitative estimate of drug-likeness (QED) is 0.288. The lowest BCUT2D eigenvalue weighted by atomic mass is 10.1. The van der Waals surface area contributed by atoms with Crippen molar-refractivity contribution in [2.24, 2.45) is 10.9 Å². The van der Waals surface area contributed by atoms with Crippen LogP contribution in [0.4, 0.5) is 0 Å². The lowest BCUT2D eigenvalue weighted by molar-refractivity contribution is 0.318. The summed E-state index contributed by atoms with van der Waals surface area (Å²) in [5.41, 5.74) is 8.17. The Morgan fingerprint density at radius 2 is 2.29 bits per heavy atom. The fourth-order valence-electron chi connectivity index (χ4n) is 1.53. The number of nitrogens with two attached hydrogens (primary N) is 1. The van der Waals surface area contributed by atoms with Crippen molar-refractivity contribution in [3.05, 3.63) is 45.3 Å². The second kappa shape index (κ2) is 4.74. The van der Waals surface area contributed by atoms with E-state index in [0.717, 1.165) is 14.8 Å². The van der Waals surface area contributed by atoms with E-state index < -0.39 is 0 Å². The molecule has 0 aliphatic rings. The molecule has 17 heavy (non-hydrogen) atoms. The Kier molecular flexibility index (Phi) is 3.32. The molecule has 0 radical (unpaired) electrons. The predicted molar refractivity (Wildman–Crippen MR) is 73.5 cm³/mol. The molecule has 0 saturated heterocycles. The maximum absolute atomic E-state index is 8.77. The summed E-state index contributed by atoms with van der Waals surface area (Å²) in [6, 6.07) is 5.66. The molecule has 88 valence electrons. The van der Waals surface area contributed by atoms with Crippen molar-refractivity contribution in [2.45, 2.75) is 6.92 Å². The smallest absolute Gasteiger partial charge is 0.172 e. The van der Waals surface area contributed by atoms with Gasteiger partial charge in [0.15, 0.2) is 5.84 Å². The van der Waals surface area contributed by atoms with Gasteiger partial charge in [-0.3, -0.25) is 0 Å². The Morgan fingerprint density at radius 3 is 2.88 bits per heavy atom. The van der Waals surface area contributed by atoms with Crippen LogP contribution in [0.1, 0.15) is 11.1 Å². The monoisotopic (exact) mass is 342 g/mol. The summed E-state index contributed by atoms with van der Waals surface area (Å²) in [5.74, 6) is 0.0745. The van der Waals surface area contributed by atoms with Gasteiger partial charge in [0.05, 0.1) is 15.5 Å². The molecule has 3 N–H and O–H groups in total. The van der Waals surface area contributed by atoms with Gasteiger partial charge in [-0.25, -0.2) is 4.68 Å². The van der Waals surface area contributed by atoms with E-state index in [1.165, 1.54) is 0 Å². The molecule has 6 heteroatoms. The minimum atomic E-state index is 0.0745. The fraction of sp³-hybridized carbons (Fsp3) is 0.0909. The largest absolute Gasteiger partial charge is 0.409 e. The zero-order valence-electron chi connectivity index (χ0n) is 9.13. The van der Waals surface area contributed by atoms with Crippen LogP contribution in [0.2, 0.25) is 0 Å². The molecule has 0 amide bonds. The van der Waals surface area contributed by atoms with Crippen LogP contribution >= 0.6 is 22.6 Å². The molecule has 0 saturated carbocycles. The van der Waals surface area contributed by atoms with E-state index in [9.17, 15) is 0 Å². The van der Waals surface area contributed by atoms with Gasteiger partial charge in [-0.05, 0) is 47.2 Å². The first-order valence-electron chi connectivity index (χ1n) is 4.91. The maximum Gasteiger partial charge on any atom is 0.172 e. The number of oxime groups is 1. The molecule has 0 aliphatic heterocycles. The summed E-state index contributed by atoms with van der Waals surface area (Å²) in [7, 11) is 0. The summed E-state index contributed by atoms with van der Waals surface area (Å²) < 4.78 is 2.73. The Morgan fingerprint density at radius 1 is 1.53 bits per heavy atom. The second-order valence-electron chi connectivity index (χ2n) is 3.61. The number of amidine groups is 1. The zero-order chi connectivity index (χ0) is 12.4. The van der Waals surface area contributed by atoms with Crippen molar-refractivity contribution in [1.29, 1.82) is 0 Å². The minimum Gasteiger partial charge on any atom is -0.409 e. The van der Waals surface area contributed by atoms with Crippen LogP contribution in [0, 0.1) is 10.5 Å². The number of benzene rings is 1. The van der Waals surface area contributed by atoms with E-state index >= 15 is 0 Å². The van der Waals surface area contributed by atoms with Gasteiger partial charge in [-0.1, -0.05) is 11.2 Å². The molecular weight excluding hydrogens is 331 g/mol. The summed E-state index contributed by atoms with van der Waals surface area (Å²) in [6.07, 6.45) is 3.63. The van der Waals surface area contributed by atoms with Gasteiger partial charge in [0.1, 0.15) is 0 Å². The van der Waals surface area contributed by atoms with Gasteiger partial charge in [0, 0.05) is 11.8 Å². The molecule has 1 aromatic carbocycles. The standard InChI is InChI=1S/C11H11IN4O/c1-7-2-3-9(11(13)15-17)10(4-7)16-6-8(12)5-14-16/h2-6,17H,1H3,(H2,13,15). The van der Waals surface area contributed by atoms with E-state index in [0.29, 0.717) is 5.56 Å². The lowest BCUT2D eigenvalue weighted by Crippen LogP contribution is -2.16. The van der Waals surface area contributed by atoms with Crippen LogP contribution < -0.4 is 5.73 Å². The van der Waals surface area contributed by atoms with Gasteiger partial charge < -0.3 is 10.9 Å². The molecule has 0 fully saturated rings. The first-order chi connectivity index (χ1) is 8.11. The molecule has 2 aromatic rings. The third-order valence-corrected chi connectivity index (χ3v) is 2.89. The number of nitrogens with zero attached hydrogens (tertiary/aromatic N) is 3. The maximum atomic E-state index is 8.77. The summed E-state index contributed by atoms with van der Waals surface area (Å²) >= 11 is 2.18. The van der Waals surface area contributed by atoms with E-state index in [4.69, 9.17) is 10.9 Å². The van der Waals surface area contributed by atoms with Crippen molar-refractivity contribution in [3.8, 4) is 5.69 Å². The van der Waals surface area contributed by atoms with Crippen LogP contribution in [0.15, 0.2) is 35.7 Å². The Bertz CT molecular complexity index is 577. The van der Waals surface area contributed by atoms with Crippen molar-refractivity contribution >= 4 is 28.4 Å². The highest BCUT2D eigenvalue weighted by Gasteiger charge is 2.10. The highest BCUT2D eigenvalue weighted by molar-refractivity contribution is 14.1. The van der Waals surface area contributed by atoms with Crippen molar-refractivity contribution in [1.82, 2.24) is 9.78 Å². The van der Waals surface area contributed by atoms with Crippen molar-refractivity contribution < 1.29 is 5.21 Å². The van der Waals surface area contributed by atoms with Crippen LogP contribution in [0.5, 0.6) is 0 Å². The van der Waals surface area contributed by atoms with Crippen molar-refractivity contribution in [3.63, 3.8) is 0 Å². The number of halogens is 1. The Balaban J connectivity index is 2.62. The van der Waals surface area contributed by atoms with Gasteiger partial charge in [-0.15, -0.1) is 0 Å². The molecule has 0 spiro atoms. The van der Waals surface area contributed by atoms with Crippen LogP contribution in [0.3, 0.4) is 0 Å². The Hall–Kier alpha value is -1.57. The van der Waals surface area contributed by atoms with E-state index in [1.54, 1.807) is 10.9 Å². The van der Waals surface area contributed by atoms with Gasteiger partial charge in [0.25, 0.3) is 0 Å². The van der Waals surface area contributed by atoms with Gasteiger partial charge in [-0.2, -0.15) is 5.10 Å². The number of hydrogen-bond acceptors (Lipinski definition) is 3. The predicted octanol–water partition coefficient (Wildman–Crippen LogP) is 1.88. The van der Waals surface area contributed by atoms with E-state index in [1.807, 2.05) is 31.3 Å². The number of aryl methyl sites for hydroxylation is 1. The SMILES string of the molecule is Cc1ccc(C(N)=NO)c(-n2cc(I)cn2)c1. The highest BCUT2D eigenvalue weighted by atomic mass is 127. The summed E-state index contributed by atoms with van der Waals surface area (Å²) in [6.45, 7) is 1.98. The van der Waals surface area contributed by atoms with Gasteiger partial charge in [0.2, 0.25) is 0 Å². The molecule has 0 atom stereocenters. The number of rotatable bonds is 2. The van der Waals surface area contributed by atoms with Crippen molar-refractivity contribution in [2.75, 3.05) is 0 Å². The topological polar surface area (TPSA) is 76.4 Å². The molecule has 2 rings (SSSR count). The average molecular weight is 342 g/mol. The fourth-order valence-corrected chi connectivity index (χ4v) is 1.92. The molecule has 1 aromatic heterocycles. The third kappa shape index (κ3) is 2.41. The van der Waals surface area contributed by atoms with E-state index in [2.05, 4.69) is 32.8 Å². The number of aromatic nitrogens is 2. The Labute approximate surface area is 112 Å². The first-order valence-corrected chi connectivity index (χ1v) is 5.99. The van der Waals surface area contributed by atoms with Crippen LogP contribution in [-0.4, -0.2) is 20.8 Å². The summed E-state index contributed by atoms with van der Waals surface area (Å²) in [4.78, 5) is 0. The molecular formula is C11H11IN4O. The van der Waals surface area contributed by atoms with E-state index in [-0.39, 0.29) is 5.84 Å². The second-order valence-corrected chi connectivity index (χ2v) is 4.85. The van der Waals surface area contributed by atoms with Crippen LogP contribution in [0.25, 0.3) is 5.69 Å². The molecule has 5 nitrogen and oxygen atoms in total. The van der Waals surface area contributed by atoms with Crippen LogP contribution in [-0.2, 0) is 0 Å². The molecule has 0 bridgehead atoms. The molecule has 1 heterocycles. The van der Waals surface area contributed by atoms with Gasteiger partial charge >= 0.3 is 0 Å². The average Bonchev–Trinajstić information content (AvgIpc) is 2.75. The first kappa shape index (κ1) is 11.9. The normalized spacial score (nSPS) is 11.8. The molecule has 0 unspecified atom stereocenters. The highest BCUT2D eigenvalue weighted by Crippen LogP contribution is 2.17. The zero-order valence-corrected chi connectivity index (χ0v) is 11.3. The lowest BCUT2D eigenvalue weighted by Gasteiger charge is -2.09. The number of hydrogen-bond donors (Lipinski definition) is 2.